The number of hydrogen-bond acceptors (Lipinski definition) is 3. The summed E-state index contributed by atoms with van der Waals surface area (Å²) in [5, 5.41) is 2.81. The van der Waals surface area contributed by atoms with Crippen molar-refractivity contribution in [3.8, 4) is 0 Å². The number of carbonyl (C=O) groups is 2. The second kappa shape index (κ2) is 7.51. The van der Waals surface area contributed by atoms with Crippen molar-refractivity contribution >= 4 is 11.8 Å². The smallest absolute Gasteiger partial charge is 0.221 e. The van der Waals surface area contributed by atoms with E-state index in [1.807, 2.05) is 26.0 Å². The number of rotatable bonds is 6. The Morgan fingerprint density at radius 3 is 2.47 bits per heavy atom. The number of nitrogens with one attached hydrogen (secondary N) is 1. The third-order valence-electron chi connectivity index (χ3n) is 2.63. The Hall–Kier alpha value is -1.91. The quantitative estimate of drug-likeness (QED) is 0.842. The number of aromatic nitrogens is 1. The van der Waals surface area contributed by atoms with Gasteiger partial charge in [-0.1, -0.05) is 0 Å². The molecule has 19 heavy (non-hydrogen) atoms. The molecule has 0 aliphatic heterocycles. The molecule has 1 rings (SSSR count). The molecule has 0 bridgehead atoms. The Morgan fingerprint density at radius 1 is 1.32 bits per heavy atom. The van der Waals surface area contributed by atoms with Crippen LogP contribution in [0, 0.1) is 0 Å². The first kappa shape index (κ1) is 15.1. The van der Waals surface area contributed by atoms with E-state index in [1.165, 1.54) is 6.92 Å². The maximum atomic E-state index is 11.6. The Morgan fingerprint density at radius 2 is 1.95 bits per heavy atom. The van der Waals surface area contributed by atoms with Crippen LogP contribution in [0.25, 0.3) is 0 Å². The first-order valence-electron chi connectivity index (χ1n) is 6.43. The van der Waals surface area contributed by atoms with Gasteiger partial charge in [0.25, 0.3) is 0 Å². The Labute approximate surface area is 114 Å². The van der Waals surface area contributed by atoms with E-state index in [1.54, 1.807) is 17.3 Å². The van der Waals surface area contributed by atoms with Gasteiger partial charge in [-0.2, -0.15) is 0 Å². The second-order valence-corrected chi connectivity index (χ2v) is 4.77. The highest BCUT2D eigenvalue weighted by atomic mass is 16.2. The SMILES string of the molecule is CC(=O)N(CCC(=O)NC(C)C)Cc1ccncc1. The largest absolute Gasteiger partial charge is 0.354 e. The van der Waals surface area contributed by atoms with Gasteiger partial charge in [-0.25, -0.2) is 0 Å². The lowest BCUT2D eigenvalue weighted by Crippen LogP contribution is -2.35. The topological polar surface area (TPSA) is 62.3 Å². The van der Waals surface area contributed by atoms with E-state index in [4.69, 9.17) is 0 Å². The summed E-state index contributed by atoms with van der Waals surface area (Å²) < 4.78 is 0. The fourth-order valence-corrected chi connectivity index (χ4v) is 1.69. The van der Waals surface area contributed by atoms with Gasteiger partial charge in [0.2, 0.25) is 11.8 Å². The van der Waals surface area contributed by atoms with E-state index < -0.39 is 0 Å². The molecule has 0 spiro atoms. The van der Waals surface area contributed by atoms with Crippen LogP contribution >= 0.6 is 0 Å². The minimum absolute atomic E-state index is 0.0315. The summed E-state index contributed by atoms with van der Waals surface area (Å²) in [7, 11) is 0. The lowest BCUT2D eigenvalue weighted by atomic mass is 10.2. The van der Waals surface area contributed by atoms with E-state index in [2.05, 4.69) is 10.3 Å². The van der Waals surface area contributed by atoms with Crippen LogP contribution in [0.5, 0.6) is 0 Å². The monoisotopic (exact) mass is 263 g/mol. The molecule has 104 valence electrons. The molecule has 0 saturated heterocycles. The maximum absolute atomic E-state index is 11.6. The zero-order valence-electron chi connectivity index (χ0n) is 11.7. The third-order valence-corrected chi connectivity index (χ3v) is 2.63. The molecular formula is C14H21N3O2. The van der Waals surface area contributed by atoms with Crippen LogP contribution in [0.3, 0.4) is 0 Å². The van der Waals surface area contributed by atoms with Gasteiger partial charge in [-0.15, -0.1) is 0 Å². The number of pyridine rings is 1. The van der Waals surface area contributed by atoms with Crippen molar-refractivity contribution in [3.63, 3.8) is 0 Å². The lowest BCUT2D eigenvalue weighted by molar-refractivity contribution is -0.130. The third kappa shape index (κ3) is 5.99. The number of hydrogen-bond donors (Lipinski definition) is 1. The van der Waals surface area contributed by atoms with Crippen molar-refractivity contribution < 1.29 is 9.59 Å². The van der Waals surface area contributed by atoms with Gasteiger partial charge in [0.15, 0.2) is 0 Å². The lowest BCUT2D eigenvalue weighted by Gasteiger charge is -2.21. The fraction of sp³-hybridized carbons (Fsp3) is 0.500. The molecule has 0 atom stereocenters. The van der Waals surface area contributed by atoms with Crippen molar-refractivity contribution in [1.29, 1.82) is 0 Å². The van der Waals surface area contributed by atoms with E-state index in [9.17, 15) is 9.59 Å². The number of amides is 2. The van der Waals surface area contributed by atoms with Crippen molar-refractivity contribution in [2.24, 2.45) is 0 Å². The van der Waals surface area contributed by atoms with E-state index in [-0.39, 0.29) is 17.9 Å². The Balaban J connectivity index is 2.50. The van der Waals surface area contributed by atoms with Gasteiger partial charge in [-0.05, 0) is 31.5 Å². The maximum Gasteiger partial charge on any atom is 0.221 e. The van der Waals surface area contributed by atoms with Crippen molar-refractivity contribution in [1.82, 2.24) is 15.2 Å². The molecule has 2 amide bonds. The van der Waals surface area contributed by atoms with Crippen LogP contribution in [-0.2, 0) is 16.1 Å². The van der Waals surface area contributed by atoms with Gasteiger partial charge in [0.05, 0.1) is 0 Å². The molecule has 1 heterocycles. The average molecular weight is 263 g/mol. The standard InChI is InChI=1S/C14H21N3O2/c1-11(2)16-14(19)6-9-17(12(3)18)10-13-4-7-15-8-5-13/h4-5,7-8,11H,6,9-10H2,1-3H3,(H,16,19). The first-order valence-corrected chi connectivity index (χ1v) is 6.43. The summed E-state index contributed by atoms with van der Waals surface area (Å²) in [6.45, 7) is 6.28. The Kier molecular flexibility index (Phi) is 5.99. The molecule has 0 aliphatic carbocycles. The van der Waals surface area contributed by atoms with Crippen LogP contribution < -0.4 is 5.32 Å². The zero-order chi connectivity index (χ0) is 14.3. The molecule has 0 unspecified atom stereocenters. The molecule has 0 fully saturated rings. The van der Waals surface area contributed by atoms with Crippen molar-refractivity contribution in [2.45, 2.75) is 39.8 Å². The summed E-state index contributed by atoms with van der Waals surface area (Å²) in [6, 6.07) is 3.85. The van der Waals surface area contributed by atoms with Crippen LogP contribution in [-0.4, -0.2) is 34.3 Å². The minimum Gasteiger partial charge on any atom is -0.354 e. The van der Waals surface area contributed by atoms with Crippen LogP contribution in [0.15, 0.2) is 24.5 Å². The Bertz CT molecular complexity index is 418. The van der Waals surface area contributed by atoms with E-state index in [0.717, 1.165) is 5.56 Å². The number of carbonyl (C=O) groups excluding carboxylic acids is 2. The first-order chi connectivity index (χ1) is 8.99. The van der Waals surface area contributed by atoms with Crippen LogP contribution in [0.2, 0.25) is 0 Å². The minimum atomic E-state index is -0.0332. The summed E-state index contributed by atoms with van der Waals surface area (Å²) in [4.78, 5) is 28.7. The highest BCUT2D eigenvalue weighted by Gasteiger charge is 2.12. The van der Waals surface area contributed by atoms with Gasteiger partial charge in [-0.3, -0.25) is 14.6 Å². The molecule has 5 nitrogen and oxygen atoms in total. The summed E-state index contributed by atoms with van der Waals surface area (Å²) in [5.74, 6) is -0.0647. The number of nitrogens with zero attached hydrogens (tertiary/aromatic N) is 2. The molecule has 5 heteroatoms. The van der Waals surface area contributed by atoms with Crippen molar-refractivity contribution in [2.75, 3.05) is 6.54 Å². The van der Waals surface area contributed by atoms with E-state index in [0.29, 0.717) is 19.5 Å². The molecule has 0 saturated carbocycles. The highest BCUT2D eigenvalue weighted by molar-refractivity contribution is 5.78. The van der Waals surface area contributed by atoms with Crippen molar-refractivity contribution in [3.05, 3.63) is 30.1 Å². The highest BCUT2D eigenvalue weighted by Crippen LogP contribution is 2.04. The zero-order valence-corrected chi connectivity index (χ0v) is 11.7. The summed E-state index contributed by atoms with van der Waals surface area (Å²) in [5.41, 5.74) is 1.01. The predicted octanol–water partition coefficient (Wildman–Crippen LogP) is 1.34. The van der Waals surface area contributed by atoms with Gasteiger partial charge < -0.3 is 10.2 Å². The van der Waals surface area contributed by atoms with E-state index >= 15 is 0 Å². The molecule has 1 N–H and O–H groups in total. The van der Waals surface area contributed by atoms with Crippen LogP contribution in [0.4, 0.5) is 0 Å². The fourth-order valence-electron chi connectivity index (χ4n) is 1.69. The summed E-state index contributed by atoms with van der Waals surface area (Å²) in [6.07, 6.45) is 3.71. The average Bonchev–Trinajstić information content (AvgIpc) is 2.34. The molecule has 0 radical (unpaired) electrons. The molecule has 1 aromatic heterocycles. The van der Waals surface area contributed by atoms with Gasteiger partial charge in [0.1, 0.15) is 0 Å². The second-order valence-electron chi connectivity index (χ2n) is 4.77. The molecular weight excluding hydrogens is 242 g/mol. The predicted molar refractivity (Wildman–Crippen MR) is 73.2 cm³/mol. The van der Waals surface area contributed by atoms with Gasteiger partial charge in [0, 0.05) is 44.9 Å². The van der Waals surface area contributed by atoms with Crippen LogP contribution in [0.1, 0.15) is 32.8 Å². The molecule has 0 aliphatic rings. The molecule has 1 aromatic rings. The normalized spacial score (nSPS) is 10.3. The molecule has 0 aromatic carbocycles. The van der Waals surface area contributed by atoms with Gasteiger partial charge >= 0.3 is 0 Å². The summed E-state index contributed by atoms with van der Waals surface area (Å²) >= 11 is 0.